The maximum atomic E-state index is 12.1. The van der Waals surface area contributed by atoms with Crippen LogP contribution in [0, 0.1) is 0 Å². The Labute approximate surface area is 126 Å². The summed E-state index contributed by atoms with van der Waals surface area (Å²) in [5, 5.41) is 2.84. The molecule has 0 saturated carbocycles. The van der Waals surface area contributed by atoms with Crippen molar-refractivity contribution in [3.63, 3.8) is 0 Å². The van der Waals surface area contributed by atoms with Crippen molar-refractivity contribution < 1.29 is 9.53 Å². The van der Waals surface area contributed by atoms with Gasteiger partial charge in [-0.25, -0.2) is 0 Å². The average molecular weight is 335 g/mol. The van der Waals surface area contributed by atoms with Gasteiger partial charge in [-0.3, -0.25) is 4.79 Å². The molecular formula is C15H15BrN2O2. The molecule has 0 aromatic heterocycles. The molecule has 2 rings (SSSR count). The molecule has 0 fully saturated rings. The first-order chi connectivity index (χ1) is 9.60. The first-order valence-corrected chi connectivity index (χ1v) is 6.85. The zero-order chi connectivity index (χ0) is 14.5. The van der Waals surface area contributed by atoms with E-state index in [0.29, 0.717) is 17.8 Å². The predicted octanol–water partition coefficient (Wildman–Crippen LogP) is 2.97. The lowest BCUT2D eigenvalue weighted by atomic mass is 10.1. The summed E-state index contributed by atoms with van der Waals surface area (Å²) < 4.78 is 5.99. The highest BCUT2D eigenvalue weighted by Gasteiger charge is 2.09. The predicted molar refractivity (Wildman–Crippen MR) is 82.7 cm³/mol. The number of nitrogen functional groups attached to an aromatic ring is 1. The number of ether oxygens (including phenoxy) is 1. The van der Waals surface area contributed by atoms with E-state index in [0.717, 1.165) is 15.8 Å². The highest BCUT2D eigenvalue weighted by Crippen LogP contribution is 2.18. The van der Waals surface area contributed by atoms with E-state index in [1.807, 2.05) is 24.3 Å². The molecule has 0 aliphatic carbocycles. The number of methoxy groups -OCH3 is 1. The summed E-state index contributed by atoms with van der Waals surface area (Å²) in [5.41, 5.74) is 7.71. The molecule has 0 heterocycles. The van der Waals surface area contributed by atoms with Crippen LogP contribution >= 0.6 is 15.9 Å². The molecule has 2 aromatic rings. The van der Waals surface area contributed by atoms with Crippen molar-refractivity contribution in [2.24, 2.45) is 0 Å². The number of amides is 1. The van der Waals surface area contributed by atoms with Crippen molar-refractivity contribution in [3.8, 4) is 5.75 Å². The monoisotopic (exact) mass is 334 g/mol. The second-order valence-electron chi connectivity index (χ2n) is 4.27. The summed E-state index contributed by atoms with van der Waals surface area (Å²) in [6.07, 6.45) is 0. The molecule has 0 aliphatic heterocycles. The van der Waals surface area contributed by atoms with Crippen LogP contribution in [0.5, 0.6) is 5.75 Å². The normalized spacial score (nSPS) is 10.1. The van der Waals surface area contributed by atoms with Gasteiger partial charge in [0, 0.05) is 16.7 Å². The SMILES string of the molecule is COc1cccc(CNC(=O)c2ccc(Br)cc2N)c1. The van der Waals surface area contributed by atoms with E-state index in [2.05, 4.69) is 21.2 Å². The summed E-state index contributed by atoms with van der Waals surface area (Å²) in [6.45, 7) is 0.422. The summed E-state index contributed by atoms with van der Waals surface area (Å²) in [5.74, 6) is 0.567. The van der Waals surface area contributed by atoms with Gasteiger partial charge in [-0.1, -0.05) is 28.1 Å². The lowest BCUT2D eigenvalue weighted by molar-refractivity contribution is 0.0951. The number of nitrogens with two attached hydrogens (primary N) is 1. The third-order valence-electron chi connectivity index (χ3n) is 2.85. The van der Waals surface area contributed by atoms with Gasteiger partial charge in [0.15, 0.2) is 0 Å². The van der Waals surface area contributed by atoms with Gasteiger partial charge in [-0.2, -0.15) is 0 Å². The molecule has 0 aliphatic rings. The molecule has 0 bridgehead atoms. The molecule has 0 radical (unpaired) electrons. The minimum absolute atomic E-state index is 0.196. The molecule has 5 heteroatoms. The van der Waals surface area contributed by atoms with Crippen LogP contribution in [0.25, 0.3) is 0 Å². The molecule has 0 atom stereocenters. The summed E-state index contributed by atoms with van der Waals surface area (Å²) in [6, 6.07) is 12.7. The number of anilines is 1. The zero-order valence-corrected chi connectivity index (χ0v) is 12.6. The Morgan fingerprint density at radius 3 is 2.80 bits per heavy atom. The van der Waals surface area contributed by atoms with E-state index in [4.69, 9.17) is 10.5 Å². The molecule has 1 amide bonds. The van der Waals surface area contributed by atoms with Gasteiger partial charge in [-0.05, 0) is 35.9 Å². The van der Waals surface area contributed by atoms with E-state index in [1.165, 1.54) is 0 Å². The minimum Gasteiger partial charge on any atom is -0.497 e. The minimum atomic E-state index is -0.196. The van der Waals surface area contributed by atoms with Crippen LogP contribution in [0.3, 0.4) is 0 Å². The number of nitrogens with one attached hydrogen (secondary N) is 1. The van der Waals surface area contributed by atoms with E-state index < -0.39 is 0 Å². The van der Waals surface area contributed by atoms with E-state index in [9.17, 15) is 4.79 Å². The number of hydrogen-bond acceptors (Lipinski definition) is 3. The molecule has 0 spiro atoms. The standard InChI is InChI=1S/C15H15BrN2O2/c1-20-12-4-2-3-10(7-12)9-18-15(19)13-6-5-11(16)8-14(13)17/h2-8H,9,17H2,1H3,(H,18,19). The molecule has 2 aromatic carbocycles. The van der Waals surface area contributed by atoms with Gasteiger partial charge < -0.3 is 15.8 Å². The number of carbonyl (C=O) groups excluding carboxylic acids is 1. The molecule has 0 unspecified atom stereocenters. The Kier molecular flexibility index (Phi) is 4.63. The summed E-state index contributed by atoms with van der Waals surface area (Å²) >= 11 is 3.31. The molecule has 0 saturated heterocycles. The quantitative estimate of drug-likeness (QED) is 0.845. The molecule has 3 N–H and O–H groups in total. The lowest BCUT2D eigenvalue weighted by Gasteiger charge is -2.09. The fraction of sp³-hybridized carbons (Fsp3) is 0.133. The number of rotatable bonds is 4. The second kappa shape index (κ2) is 6.43. The van der Waals surface area contributed by atoms with Crippen molar-refractivity contribution in [2.45, 2.75) is 6.54 Å². The smallest absolute Gasteiger partial charge is 0.253 e. The maximum absolute atomic E-state index is 12.1. The number of hydrogen-bond donors (Lipinski definition) is 2. The van der Waals surface area contributed by atoms with Gasteiger partial charge in [0.25, 0.3) is 5.91 Å². The van der Waals surface area contributed by atoms with Crippen LogP contribution in [0.1, 0.15) is 15.9 Å². The maximum Gasteiger partial charge on any atom is 0.253 e. The summed E-state index contributed by atoms with van der Waals surface area (Å²) in [4.78, 5) is 12.1. The highest BCUT2D eigenvalue weighted by molar-refractivity contribution is 9.10. The third kappa shape index (κ3) is 3.51. The third-order valence-corrected chi connectivity index (χ3v) is 3.34. The molecule has 20 heavy (non-hydrogen) atoms. The van der Waals surface area contributed by atoms with Crippen molar-refractivity contribution in [2.75, 3.05) is 12.8 Å². The first-order valence-electron chi connectivity index (χ1n) is 6.06. The molecule has 4 nitrogen and oxygen atoms in total. The second-order valence-corrected chi connectivity index (χ2v) is 5.18. The number of benzene rings is 2. The first kappa shape index (κ1) is 14.4. The van der Waals surface area contributed by atoms with E-state index in [-0.39, 0.29) is 5.91 Å². The molecule has 104 valence electrons. The van der Waals surface area contributed by atoms with Gasteiger partial charge in [0.2, 0.25) is 0 Å². The fourth-order valence-electron chi connectivity index (χ4n) is 1.80. The lowest BCUT2D eigenvalue weighted by Crippen LogP contribution is -2.23. The van der Waals surface area contributed by atoms with E-state index in [1.54, 1.807) is 25.3 Å². The van der Waals surface area contributed by atoms with Crippen LogP contribution in [0.2, 0.25) is 0 Å². The van der Waals surface area contributed by atoms with Crippen molar-refractivity contribution in [1.82, 2.24) is 5.32 Å². The van der Waals surface area contributed by atoms with Crippen molar-refractivity contribution >= 4 is 27.5 Å². The zero-order valence-electron chi connectivity index (χ0n) is 11.0. The van der Waals surface area contributed by atoms with Gasteiger partial charge >= 0.3 is 0 Å². The Bertz CT molecular complexity index is 629. The van der Waals surface area contributed by atoms with Crippen LogP contribution in [-0.4, -0.2) is 13.0 Å². The highest BCUT2D eigenvalue weighted by atomic mass is 79.9. The van der Waals surface area contributed by atoms with Crippen LogP contribution < -0.4 is 15.8 Å². The van der Waals surface area contributed by atoms with Crippen LogP contribution in [0.15, 0.2) is 46.9 Å². The van der Waals surface area contributed by atoms with Gasteiger partial charge in [0.05, 0.1) is 12.7 Å². The fourth-order valence-corrected chi connectivity index (χ4v) is 2.18. The number of carbonyl (C=O) groups is 1. The Hall–Kier alpha value is -2.01. The van der Waals surface area contributed by atoms with E-state index >= 15 is 0 Å². The Balaban J connectivity index is 2.04. The topological polar surface area (TPSA) is 64.3 Å². The van der Waals surface area contributed by atoms with Crippen LogP contribution in [0.4, 0.5) is 5.69 Å². The van der Waals surface area contributed by atoms with Gasteiger partial charge in [-0.15, -0.1) is 0 Å². The van der Waals surface area contributed by atoms with Crippen molar-refractivity contribution in [1.29, 1.82) is 0 Å². The number of halogens is 1. The Morgan fingerprint density at radius 2 is 2.10 bits per heavy atom. The van der Waals surface area contributed by atoms with Crippen LogP contribution in [-0.2, 0) is 6.54 Å². The average Bonchev–Trinajstić information content (AvgIpc) is 2.45. The van der Waals surface area contributed by atoms with Gasteiger partial charge in [0.1, 0.15) is 5.75 Å². The molecular weight excluding hydrogens is 320 g/mol. The Morgan fingerprint density at radius 1 is 1.30 bits per heavy atom. The van der Waals surface area contributed by atoms with Crippen molar-refractivity contribution in [3.05, 3.63) is 58.1 Å². The largest absolute Gasteiger partial charge is 0.497 e. The summed E-state index contributed by atoms with van der Waals surface area (Å²) in [7, 11) is 1.61.